The van der Waals surface area contributed by atoms with Crippen molar-refractivity contribution in [2.45, 2.75) is 20.1 Å². The molecule has 0 aliphatic carbocycles. The molecule has 1 rings (SSSR count). The van der Waals surface area contributed by atoms with E-state index in [0.29, 0.717) is 30.0 Å². The van der Waals surface area contributed by atoms with Crippen LogP contribution in [0.2, 0.25) is 0 Å². The summed E-state index contributed by atoms with van der Waals surface area (Å²) in [5.74, 6) is -0.110. The first-order valence-corrected chi connectivity index (χ1v) is 6.33. The third-order valence-electron chi connectivity index (χ3n) is 2.82. The highest BCUT2D eigenvalue weighted by atomic mass is 16.5. The molecule has 112 valence electrons. The van der Waals surface area contributed by atoms with Gasteiger partial charge in [0.1, 0.15) is 5.75 Å². The molecule has 1 amide bonds. The van der Waals surface area contributed by atoms with E-state index in [1.165, 1.54) is 6.20 Å². The monoisotopic (exact) mass is 283 g/mol. The number of hydrogen-bond acceptors (Lipinski definition) is 6. The highest BCUT2D eigenvalue weighted by molar-refractivity contribution is 5.77. The summed E-state index contributed by atoms with van der Waals surface area (Å²) in [5, 5.41) is 24.7. The Hall–Kier alpha value is -1.70. The van der Waals surface area contributed by atoms with Crippen LogP contribution in [0.25, 0.3) is 0 Å². The van der Waals surface area contributed by atoms with Crippen LogP contribution < -0.4 is 10.6 Å². The predicted molar refractivity (Wildman–Crippen MR) is 73.2 cm³/mol. The average molecular weight is 283 g/mol. The Labute approximate surface area is 118 Å². The lowest BCUT2D eigenvalue weighted by atomic mass is 10.1. The van der Waals surface area contributed by atoms with E-state index in [0.717, 1.165) is 0 Å². The van der Waals surface area contributed by atoms with E-state index in [9.17, 15) is 15.0 Å². The predicted octanol–water partition coefficient (Wildman–Crippen LogP) is -0.560. The van der Waals surface area contributed by atoms with Gasteiger partial charge in [-0.05, 0) is 6.92 Å². The molecular weight excluding hydrogens is 262 g/mol. The van der Waals surface area contributed by atoms with Crippen molar-refractivity contribution in [2.24, 2.45) is 0 Å². The van der Waals surface area contributed by atoms with Gasteiger partial charge in [-0.2, -0.15) is 0 Å². The van der Waals surface area contributed by atoms with Gasteiger partial charge in [-0.15, -0.1) is 0 Å². The largest absolute Gasteiger partial charge is 0.506 e. The minimum absolute atomic E-state index is 0.0452. The summed E-state index contributed by atoms with van der Waals surface area (Å²) in [4.78, 5) is 15.4. The number of aryl methyl sites for hydroxylation is 1. The molecule has 0 spiro atoms. The molecule has 0 fully saturated rings. The van der Waals surface area contributed by atoms with Crippen molar-refractivity contribution in [1.82, 2.24) is 15.6 Å². The first-order valence-electron chi connectivity index (χ1n) is 6.33. The number of aliphatic hydroxyl groups is 1. The van der Waals surface area contributed by atoms with Crippen molar-refractivity contribution in [3.05, 3.63) is 23.0 Å². The molecule has 0 atom stereocenters. The molecule has 4 N–H and O–H groups in total. The standard InChI is InChI=1S/C13H21N3O4/c1-9-13(19)11(10(8-17)5-16-9)6-14-7-12(18)15-3-4-20-2/h5,14,17,19H,3-4,6-8H2,1-2H3,(H,15,18). The van der Waals surface area contributed by atoms with Crippen molar-refractivity contribution in [1.29, 1.82) is 0 Å². The zero-order valence-electron chi connectivity index (χ0n) is 11.8. The van der Waals surface area contributed by atoms with Gasteiger partial charge in [0.05, 0.1) is 25.5 Å². The van der Waals surface area contributed by atoms with Crippen molar-refractivity contribution in [3.8, 4) is 5.75 Å². The number of nitrogens with one attached hydrogen (secondary N) is 2. The molecule has 0 unspecified atom stereocenters. The van der Waals surface area contributed by atoms with Gasteiger partial charge in [0.25, 0.3) is 0 Å². The first-order chi connectivity index (χ1) is 9.60. The summed E-state index contributed by atoms with van der Waals surface area (Å²) in [6.45, 7) is 2.79. The molecule has 7 heteroatoms. The molecule has 0 aliphatic rings. The fourth-order valence-corrected chi connectivity index (χ4v) is 1.67. The van der Waals surface area contributed by atoms with Crippen LogP contribution in [0.15, 0.2) is 6.20 Å². The maximum absolute atomic E-state index is 11.5. The number of rotatable bonds is 8. The number of aromatic hydroxyl groups is 1. The fraction of sp³-hybridized carbons (Fsp3) is 0.538. The molecule has 0 aliphatic heterocycles. The number of hydrogen-bond donors (Lipinski definition) is 4. The van der Waals surface area contributed by atoms with Gasteiger partial charge >= 0.3 is 0 Å². The maximum Gasteiger partial charge on any atom is 0.234 e. The minimum Gasteiger partial charge on any atom is -0.506 e. The van der Waals surface area contributed by atoms with Gasteiger partial charge < -0.3 is 25.6 Å². The lowest BCUT2D eigenvalue weighted by Gasteiger charge is -2.12. The number of aliphatic hydroxyl groups excluding tert-OH is 1. The Bertz CT molecular complexity index is 451. The molecule has 1 aromatic rings. The van der Waals surface area contributed by atoms with Gasteiger partial charge in [-0.25, -0.2) is 0 Å². The van der Waals surface area contributed by atoms with E-state index in [1.807, 2.05) is 0 Å². The molecule has 0 radical (unpaired) electrons. The van der Waals surface area contributed by atoms with E-state index in [1.54, 1.807) is 14.0 Å². The van der Waals surface area contributed by atoms with Gasteiger partial charge in [0.2, 0.25) is 5.91 Å². The minimum atomic E-state index is -0.210. The molecule has 0 bridgehead atoms. The first kappa shape index (κ1) is 16.4. The summed E-state index contributed by atoms with van der Waals surface area (Å²) in [6, 6.07) is 0. The van der Waals surface area contributed by atoms with E-state index in [4.69, 9.17) is 4.74 Å². The van der Waals surface area contributed by atoms with Crippen LogP contribution in [0.3, 0.4) is 0 Å². The van der Waals surface area contributed by atoms with E-state index in [2.05, 4.69) is 15.6 Å². The Kier molecular flexibility index (Phi) is 6.92. The summed E-state index contributed by atoms with van der Waals surface area (Å²) >= 11 is 0. The van der Waals surface area contributed by atoms with E-state index in [-0.39, 0.29) is 31.4 Å². The summed E-state index contributed by atoms with van der Waals surface area (Å²) in [7, 11) is 1.56. The second-order valence-corrected chi connectivity index (χ2v) is 4.30. The number of pyridine rings is 1. The number of carbonyl (C=O) groups is 1. The SMILES string of the molecule is COCCNC(=O)CNCc1c(CO)cnc(C)c1O. The van der Waals surface area contributed by atoms with Crippen molar-refractivity contribution < 1.29 is 19.7 Å². The Morgan fingerprint density at radius 2 is 2.25 bits per heavy atom. The van der Waals surface area contributed by atoms with Crippen LogP contribution in [0.1, 0.15) is 16.8 Å². The third-order valence-corrected chi connectivity index (χ3v) is 2.82. The normalized spacial score (nSPS) is 10.6. The van der Waals surface area contributed by atoms with Crippen LogP contribution in [-0.2, 0) is 22.7 Å². The van der Waals surface area contributed by atoms with Crippen molar-refractivity contribution in [2.75, 3.05) is 26.8 Å². The van der Waals surface area contributed by atoms with Crippen molar-refractivity contribution >= 4 is 5.91 Å². The fourth-order valence-electron chi connectivity index (χ4n) is 1.67. The van der Waals surface area contributed by atoms with Crippen LogP contribution in [0.5, 0.6) is 5.75 Å². The van der Waals surface area contributed by atoms with Gasteiger partial charge in [-0.3, -0.25) is 9.78 Å². The highest BCUT2D eigenvalue weighted by Crippen LogP contribution is 2.23. The van der Waals surface area contributed by atoms with Crippen LogP contribution in [0.4, 0.5) is 0 Å². The van der Waals surface area contributed by atoms with Gasteiger partial charge in [0, 0.05) is 37.5 Å². The molecule has 1 heterocycles. The number of aromatic nitrogens is 1. The van der Waals surface area contributed by atoms with Crippen LogP contribution in [-0.4, -0.2) is 47.9 Å². The van der Waals surface area contributed by atoms with Gasteiger partial charge in [0.15, 0.2) is 0 Å². The topological polar surface area (TPSA) is 104 Å². The second kappa shape index (κ2) is 8.47. The molecule has 0 saturated heterocycles. The smallest absolute Gasteiger partial charge is 0.234 e. The van der Waals surface area contributed by atoms with E-state index >= 15 is 0 Å². The quantitative estimate of drug-likeness (QED) is 0.477. The molecular formula is C13H21N3O4. The average Bonchev–Trinajstić information content (AvgIpc) is 2.44. The van der Waals surface area contributed by atoms with Crippen molar-refractivity contribution in [3.63, 3.8) is 0 Å². The molecule has 20 heavy (non-hydrogen) atoms. The highest BCUT2D eigenvalue weighted by Gasteiger charge is 2.11. The maximum atomic E-state index is 11.5. The van der Waals surface area contributed by atoms with Crippen LogP contribution in [0, 0.1) is 6.92 Å². The Balaban J connectivity index is 2.49. The third kappa shape index (κ3) is 4.76. The Morgan fingerprint density at radius 3 is 2.90 bits per heavy atom. The zero-order chi connectivity index (χ0) is 15.0. The summed E-state index contributed by atoms with van der Waals surface area (Å²) < 4.78 is 4.82. The molecule has 7 nitrogen and oxygen atoms in total. The number of amides is 1. The number of methoxy groups -OCH3 is 1. The Morgan fingerprint density at radius 1 is 1.50 bits per heavy atom. The lowest BCUT2D eigenvalue weighted by Crippen LogP contribution is -2.35. The lowest BCUT2D eigenvalue weighted by molar-refractivity contribution is -0.120. The summed E-state index contributed by atoms with van der Waals surface area (Å²) in [5.41, 5.74) is 1.59. The van der Waals surface area contributed by atoms with Gasteiger partial charge in [-0.1, -0.05) is 0 Å². The molecule has 1 aromatic heterocycles. The second-order valence-electron chi connectivity index (χ2n) is 4.30. The molecule has 0 aromatic carbocycles. The van der Waals surface area contributed by atoms with E-state index < -0.39 is 0 Å². The van der Waals surface area contributed by atoms with Crippen LogP contribution >= 0.6 is 0 Å². The number of nitrogens with zero attached hydrogens (tertiary/aromatic N) is 1. The zero-order valence-corrected chi connectivity index (χ0v) is 11.8. The number of ether oxygens (including phenoxy) is 1. The summed E-state index contributed by atoms with van der Waals surface area (Å²) in [6.07, 6.45) is 1.52. The molecule has 0 saturated carbocycles. The number of carbonyl (C=O) groups excluding carboxylic acids is 1.